The maximum atomic E-state index is 12.6. The van der Waals surface area contributed by atoms with Crippen molar-refractivity contribution in [3.05, 3.63) is 64.5 Å². The Bertz CT molecular complexity index is 808. The highest BCUT2D eigenvalue weighted by Gasteiger charge is 2.25. The number of nitro benzene ring substituents is 1. The van der Waals surface area contributed by atoms with E-state index in [4.69, 9.17) is 0 Å². The summed E-state index contributed by atoms with van der Waals surface area (Å²) in [4.78, 5) is 32.4. The summed E-state index contributed by atoms with van der Waals surface area (Å²) in [6, 6.07) is 12.6. The van der Waals surface area contributed by atoms with Crippen molar-refractivity contribution in [2.24, 2.45) is 0 Å². The van der Waals surface area contributed by atoms with E-state index in [0.717, 1.165) is 49.5 Å². The molecule has 1 aliphatic heterocycles. The molecule has 29 heavy (non-hydrogen) atoms. The molecule has 8 heteroatoms. The Kier molecular flexibility index (Phi) is 7.60. The van der Waals surface area contributed by atoms with Crippen LogP contribution >= 0.6 is 11.8 Å². The van der Waals surface area contributed by atoms with Gasteiger partial charge in [0.2, 0.25) is 5.91 Å². The topological polar surface area (TPSA) is 79.6 Å². The van der Waals surface area contributed by atoms with E-state index in [2.05, 4.69) is 16.0 Å². The minimum Gasteiger partial charge on any atom is -0.342 e. The Hall–Kier alpha value is -2.45. The molecule has 1 aromatic carbocycles. The highest BCUT2D eigenvalue weighted by molar-refractivity contribution is 8.00. The molecule has 0 spiro atoms. The fraction of sp³-hybridized carbons (Fsp3) is 0.429. The summed E-state index contributed by atoms with van der Waals surface area (Å²) < 4.78 is 0. The molecule has 0 atom stereocenters. The van der Waals surface area contributed by atoms with Crippen LogP contribution in [0, 0.1) is 10.1 Å². The van der Waals surface area contributed by atoms with Gasteiger partial charge >= 0.3 is 0 Å². The lowest BCUT2D eigenvalue weighted by Gasteiger charge is -2.36. The molecule has 1 saturated heterocycles. The first-order valence-corrected chi connectivity index (χ1v) is 10.8. The number of carbonyl (C=O) groups excluding carboxylic acids is 1. The smallest absolute Gasteiger partial charge is 0.269 e. The van der Waals surface area contributed by atoms with Crippen molar-refractivity contribution < 1.29 is 9.72 Å². The first-order chi connectivity index (χ1) is 14.0. The summed E-state index contributed by atoms with van der Waals surface area (Å²) in [6.45, 7) is 2.98. The van der Waals surface area contributed by atoms with Crippen molar-refractivity contribution in [1.82, 2.24) is 14.8 Å². The molecule has 2 heterocycles. The molecule has 2 aromatic rings. The summed E-state index contributed by atoms with van der Waals surface area (Å²) in [7, 11) is 1.88. The van der Waals surface area contributed by atoms with Gasteiger partial charge in [0.25, 0.3) is 5.69 Å². The predicted molar refractivity (Wildman–Crippen MR) is 114 cm³/mol. The summed E-state index contributed by atoms with van der Waals surface area (Å²) >= 11 is 1.42. The first-order valence-electron chi connectivity index (χ1n) is 9.78. The summed E-state index contributed by atoms with van der Waals surface area (Å²) in [5.74, 6) is 0.439. The van der Waals surface area contributed by atoms with Crippen molar-refractivity contribution in [3.8, 4) is 0 Å². The molecule has 1 amide bonds. The van der Waals surface area contributed by atoms with Crippen LogP contribution in [-0.4, -0.2) is 64.1 Å². The monoisotopic (exact) mass is 414 g/mol. The largest absolute Gasteiger partial charge is 0.342 e. The molecule has 0 unspecified atom stereocenters. The third kappa shape index (κ3) is 6.27. The van der Waals surface area contributed by atoms with Crippen molar-refractivity contribution >= 4 is 23.4 Å². The molecule has 0 bridgehead atoms. The number of non-ortho nitro benzene ring substituents is 1. The van der Waals surface area contributed by atoms with E-state index in [1.54, 1.807) is 12.1 Å². The van der Waals surface area contributed by atoms with Gasteiger partial charge in [0.1, 0.15) is 0 Å². The maximum Gasteiger partial charge on any atom is 0.269 e. The van der Waals surface area contributed by atoms with Gasteiger partial charge in [-0.25, -0.2) is 0 Å². The number of piperidine rings is 1. The summed E-state index contributed by atoms with van der Waals surface area (Å²) in [6.07, 6.45) is 4.74. The van der Waals surface area contributed by atoms with Crippen LogP contribution in [0.4, 0.5) is 5.69 Å². The minimum atomic E-state index is -0.421. The van der Waals surface area contributed by atoms with E-state index in [1.165, 1.54) is 23.9 Å². The van der Waals surface area contributed by atoms with Gasteiger partial charge in [-0.2, -0.15) is 0 Å². The second-order valence-corrected chi connectivity index (χ2v) is 8.24. The quantitative estimate of drug-likeness (QED) is 0.375. The van der Waals surface area contributed by atoms with E-state index in [0.29, 0.717) is 5.75 Å². The molecular formula is C21H26N4O3S. The number of benzene rings is 1. The molecule has 0 radical (unpaired) electrons. The van der Waals surface area contributed by atoms with Gasteiger partial charge in [0, 0.05) is 68.1 Å². The van der Waals surface area contributed by atoms with E-state index in [9.17, 15) is 14.9 Å². The zero-order valence-corrected chi connectivity index (χ0v) is 17.4. The zero-order valence-electron chi connectivity index (χ0n) is 16.6. The van der Waals surface area contributed by atoms with Crippen LogP contribution in [0.5, 0.6) is 0 Å². The van der Waals surface area contributed by atoms with Gasteiger partial charge in [-0.15, -0.1) is 11.8 Å². The number of likely N-dealkylation sites (tertiary alicyclic amines) is 1. The third-order valence-corrected chi connectivity index (χ3v) is 6.32. The van der Waals surface area contributed by atoms with Gasteiger partial charge in [-0.3, -0.25) is 19.9 Å². The standard InChI is InChI=1S/C21H26N4O3S/c1-23(21(26)16-29-20-7-5-19(6-8-20)25(27)28)18-10-14-24(15-11-18)13-9-17-4-2-3-12-22-17/h2-8,12,18H,9-11,13-16H2,1H3. The van der Waals surface area contributed by atoms with Crippen molar-refractivity contribution in [2.75, 3.05) is 32.4 Å². The van der Waals surface area contributed by atoms with Crippen LogP contribution in [-0.2, 0) is 11.2 Å². The van der Waals surface area contributed by atoms with Crippen LogP contribution in [0.15, 0.2) is 53.6 Å². The average Bonchev–Trinajstić information content (AvgIpc) is 2.77. The van der Waals surface area contributed by atoms with Crippen LogP contribution in [0.2, 0.25) is 0 Å². The van der Waals surface area contributed by atoms with Gasteiger partial charge in [-0.05, 0) is 37.1 Å². The number of rotatable bonds is 8. The Balaban J connectivity index is 1.39. The van der Waals surface area contributed by atoms with Crippen molar-refractivity contribution in [3.63, 3.8) is 0 Å². The van der Waals surface area contributed by atoms with Gasteiger partial charge < -0.3 is 9.80 Å². The number of amides is 1. The number of aromatic nitrogens is 1. The SMILES string of the molecule is CN(C(=O)CSc1ccc([N+](=O)[O-])cc1)C1CCN(CCc2ccccn2)CC1. The molecule has 3 rings (SSSR count). The molecule has 1 aliphatic rings. The third-order valence-electron chi connectivity index (χ3n) is 5.32. The number of hydrogen-bond donors (Lipinski definition) is 0. The fourth-order valence-electron chi connectivity index (χ4n) is 3.46. The molecular weight excluding hydrogens is 388 g/mol. The lowest BCUT2D eigenvalue weighted by atomic mass is 10.0. The van der Waals surface area contributed by atoms with E-state index < -0.39 is 4.92 Å². The van der Waals surface area contributed by atoms with E-state index >= 15 is 0 Å². The maximum absolute atomic E-state index is 12.6. The van der Waals surface area contributed by atoms with Crippen LogP contribution < -0.4 is 0 Å². The normalized spacial score (nSPS) is 15.2. The average molecular weight is 415 g/mol. The van der Waals surface area contributed by atoms with E-state index in [1.807, 2.05) is 30.3 Å². The lowest BCUT2D eigenvalue weighted by Crippen LogP contribution is -2.46. The Morgan fingerprint density at radius 3 is 2.59 bits per heavy atom. The molecule has 1 fully saturated rings. The highest BCUT2D eigenvalue weighted by atomic mass is 32.2. The van der Waals surface area contributed by atoms with Crippen LogP contribution in [0.1, 0.15) is 18.5 Å². The Morgan fingerprint density at radius 1 is 1.24 bits per heavy atom. The van der Waals surface area contributed by atoms with Crippen LogP contribution in [0.3, 0.4) is 0 Å². The van der Waals surface area contributed by atoms with Gasteiger partial charge in [0.05, 0.1) is 10.7 Å². The van der Waals surface area contributed by atoms with Crippen molar-refractivity contribution in [2.45, 2.75) is 30.2 Å². The zero-order chi connectivity index (χ0) is 20.6. The number of carbonyl (C=O) groups is 1. The molecule has 0 aliphatic carbocycles. The summed E-state index contributed by atoms with van der Waals surface area (Å²) in [5, 5.41) is 10.7. The van der Waals surface area contributed by atoms with E-state index in [-0.39, 0.29) is 17.6 Å². The van der Waals surface area contributed by atoms with Crippen LogP contribution in [0.25, 0.3) is 0 Å². The second kappa shape index (κ2) is 10.4. The van der Waals surface area contributed by atoms with Gasteiger partial charge in [0.15, 0.2) is 0 Å². The number of thioether (sulfide) groups is 1. The first kappa shape index (κ1) is 21.3. The Labute approximate surface area is 175 Å². The summed E-state index contributed by atoms with van der Waals surface area (Å²) in [5.41, 5.74) is 1.18. The number of pyridine rings is 1. The van der Waals surface area contributed by atoms with Gasteiger partial charge in [-0.1, -0.05) is 6.07 Å². The number of nitro groups is 1. The predicted octanol–water partition coefficient (Wildman–Crippen LogP) is 3.25. The highest BCUT2D eigenvalue weighted by Crippen LogP contribution is 2.23. The molecule has 1 aromatic heterocycles. The Morgan fingerprint density at radius 2 is 1.97 bits per heavy atom. The molecule has 0 N–H and O–H groups in total. The number of hydrogen-bond acceptors (Lipinski definition) is 6. The lowest BCUT2D eigenvalue weighted by molar-refractivity contribution is -0.384. The molecule has 7 nitrogen and oxygen atoms in total. The molecule has 154 valence electrons. The van der Waals surface area contributed by atoms with Crippen molar-refractivity contribution in [1.29, 1.82) is 0 Å². The second-order valence-electron chi connectivity index (χ2n) is 7.19. The molecule has 0 saturated carbocycles. The minimum absolute atomic E-state index is 0.0626. The number of nitrogens with zero attached hydrogens (tertiary/aromatic N) is 4. The fourth-order valence-corrected chi connectivity index (χ4v) is 4.29.